The first-order valence-corrected chi connectivity index (χ1v) is 14.7. The Bertz CT molecular complexity index is 922. The topological polar surface area (TPSA) is 154 Å². The smallest absolute Gasteiger partial charge is 0.327 e. The molecular weight excluding hydrogens is 516 g/mol. The first kappa shape index (κ1) is 33.5. The van der Waals surface area contributed by atoms with Crippen LogP contribution in [0.3, 0.4) is 0 Å². The molecule has 0 aromatic carbocycles. The maximum absolute atomic E-state index is 12.2. The standard InChI is InChI=1S/C27H42O10S/c1-2-3-4-5-6-7-8-9-10-11-12-13-14-15-16-17-24(29)35-20-27(19-28)21-36-25(30)18-23(38(32,33)34)26(31)37-22-27/h5-10,23,28H,2-4,11-22H2,1H3,(H,32,33,34)/b6-5+,8-7+,10-9-. The van der Waals surface area contributed by atoms with Gasteiger partial charge < -0.3 is 19.3 Å². The molecule has 216 valence electrons. The van der Waals surface area contributed by atoms with Crippen molar-refractivity contribution in [3.8, 4) is 0 Å². The number of aliphatic hydroxyl groups excluding tert-OH is 1. The van der Waals surface area contributed by atoms with Gasteiger partial charge in [-0.3, -0.25) is 18.9 Å². The van der Waals surface area contributed by atoms with Gasteiger partial charge in [0.15, 0.2) is 5.25 Å². The van der Waals surface area contributed by atoms with E-state index in [0.717, 1.165) is 38.5 Å². The van der Waals surface area contributed by atoms with E-state index in [9.17, 15) is 32.5 Å². The number of carbonyl (C=O) groups is 3. The van der Waals surface area contributed by atoms with E-state index in [-0.39, 0.29) is 6.42 Å². The van der Waals surface area contributed by atoms with Crippen molar-refractivity contribution in [1.29, 1.82) is 0 Å². The molecule has 1 rings (SSSR count). The monoisotopic (exact) mass is 558 g/mol. The number of allylic oxidation sites excluding steroid dienone is 6. The summed E-state index contributed by atoms with van der Waals surface area (Å²) in [6.45, 7) is 0.108. The van der Waals surface area contributed by atoms with Crippen molar-refractivity contribution in [1.82, 2.24) is 0 Å². The summed E-state index contributed by atoms with van der Waals surface area (Å²) in [6.07, 6.45) is 20.8. The normalized spacial score (nSPS) is 21.3. The Labute approximate surface area is 225 Å². The number of esters is 3. The van der Waals surface area contributed by atoms with Gasteiger partial charge in [0.05, 0.1) is 18.4 Å². The van der Waals surface area contributed by atoms with E-state index < -0.39 is 71.5 Å². The zero-order valence-electron chi connectivity index (χ0n) is 22.2. The van der Waals surface area contributed by atoms with Crippen LogP contribution in [-0.4, -0.2) is 67.7 Å². The second kappa shape index (κ2) is 18.7. The lowest BCUT2D eigenvalue weighted by molar-refractivity contribution is -0.161. The molecule has 10 nitrogen and oxygen atoms in total. The molecule has 2 atom stereocenters. The van der Waals surface area contributed by atoms with Gasteiger partial charge in [-0.25, -0.2) is 0 Å². The van der Waals surface area contributed by atoms with E-state index in [1.807, 2.05) is 18.2 Å². The molecule has 1 aliphatic rings. The Balaban J connectivity index is 2.29. The van der Waals surface area contributed by atoms with Crippen molar-refractivity contribution in [3.63, 3.8) is 0 Å². The molecule has 1 heterocycles. The summed E-state index contributed by atoms with van der Waals surface area (Å²) >= 11 is 0. The van der Waals surface area contributed by atoms with E-state index in [1.165, 1.54) is 12.8 Å². The highest BCUT2D eigenvalue weighted by Gasteiger charge is 2.42. The third-order valence-electron chi connectivity index (χ3n) is 5.99. The number of hydrogen-bond donors (Lipinski definition) is 2. The largest absolute Gasteiger partial charge is 0.465 e. The maximum atomic E-state index is 12.2. The Morgan fingerprint density at radius 2 is 1.58 bits per heavy atom. The van der Waals surface area contributed by atoms with Gasteiger partial charge in [0.25, 0.3) is 10.1 Å². The van der Waals surface area contributed by atoms with Gasteiger partial charge in [-0.1, -0.05) is 75.5 Å². The molecule has 2 N–H and O–H groups in total. The van der Waals surface area contributed by atoms with E-state index in [2.05, 4.69) is 25.2 Å². The van der Waals surface area contributed by atoms with Crippen molar-refractivity contribution < 1.29 is 46.7 Å². The van der Waals surface area contributed by atoms with Gasteiger partial charge in [-0.05, 0) is 25.7 Å². The van der Waals surface area contributed by atoms with Crippen LogP contribution in [0.1, 0.15) is 77.6 Å². The average molecular weight is 559 g/mol. The summed E-state index contributed by atoms with van der Waals surface area (Å²) in [4.78, 5) is 36.1. The lowest BCUT2D eigenvalue weighted by Crippen LogP contribution is -2.42. The first-order valence-electron chi connectivity index (χ1n) is 13.2. The number of cyclic esters (lactones) is 2. The fourth-order valence-electron chi connectivity index (χ4n) is 3.50. The summed E-state index contributed by atoms with van der Waals surface area (Å²) in [6, 6.07) is 0. The molecule has 0 aromatic heterocycles. The molecule has 0 aromatic rings. The number of rotatable bonds is 17. The van der Waals surface area contributed by atoms with Crippen molar-refractivity contribution >= 4 is 28.0 Å². The van der Waals surface area contributed by atoms with E-state index in [4.69, 9.17) is 14.2 Å². The predicted octanol–water partition coefficient (Wildman–Crippen LogP) is 3.84. The van der Waals surface area contributed by atoms with Crippen LogP contribution in [0.5, 0.6) is 0 Å². The molecule has 1 fully saturated rings. The summed E-state index contributed by atoms with van der Waals surface area (Å²) in [5.41, 5.74) is -1.44. The highest BCUT2D eigenvalue weighted by atomic mass is 32.2. The van der Waals surface area contributed by atoms with Gasteiger partial charge in [-0.2, -0.15) is 8.42 Å². The predicted molar refractivity (Wildman–Crippen MR) is 142 cm³/mol. The molecule has 0 radical (unpaired) electrons. The zero-order valence-corrected chi connectivity index (χ0v) is 23.0. The molecule has 0 aliphatic carbocycles. The minimum absolute atomic E-state index is 0.169. The molecular formula is C27H42O10S. The zero-order chi connectivity index (χ0) is 28.3. The average Bonchev–Trinajstić information content (AvgIpc) is 2.94. The Morgan fingerprint density at radius 1 is 0.974 bits per heavy atom. The molecule has 0 amide bonds. The summed E-state index contributed by atoms with van der Waals surface area (Å²) in [5.74, 6) is -2.93. The highest BCUT2D eigenvalue weighted by Crippen LogP contribution is 2.23. The van der Waals surface area contributed by atoms with E-state index >= 15 is 0 Å². The number of carbonyl (C=O) groups excluding carboxylic acids is 3. The Kier molecular flexibility index (Phi) is 16.5. The quantitative estimate of drug-likeness (QED) is 0.0885. The first-order chi connectivity index (χ1) is 18.1. The van der Waals surface area contributed by atoms with Crippen molar-refractivity contribution in [3.05, 3.63) is 36.5 Å². The van der Waals surface area contributed by atoms with Crippen LogP contribution in [0, 0.1) is 5.41 Å². The van der Waals surface area contributed by atoms with Crippen LogP contribution in [0.2, 0.25) is 0 Å². The fourth-order valence-corrected chi connectivity index (χ4v) is 4.16. The lowest BCUT2D eigenvalue weighted by Gasteiger charge is -2.29. The van der Waals surface area contributed by atoms with E-state index in [0.29, 0.717) is 6.42 Å². The van der Waals surface area contributed by atoms with Crippen LogP contribution < -0.4 is 0 Å². The lowest BCUT2D eigenvalue weighted by atomic mass is 9.92. The van der Waals surface area contributed by atoms with Crippen LogP contribution in [0.15, 0.2) is 36.5 Å². The molecule has 1 aliphatic heterocycles. The second-order valence-corrected chi connectivity index (χ2v) is 11.1. The van der Waals surface area contributed by atoms with Crippen LogP contribution in [0.25, 0.3) is 0 Å². The minimum Gasteiger partial charge on any atom is -0.465 e. The summed E-state index contributed by atoms with van der Waals surface area (Å²) in [5, 5.41) is 7.70. The number of ether oxygens (including phenoxy) is 3. The number of unbranched alkanes of at least 4 members (excludes halogenated alkanes) is 7. The van der Waals surface area contributed by atoms with Crippen molar-refractivity contribution in [2.24, 2.45) is 5.41 Å². The maximum Gasteiger partial charge on any atom is 0.327 e. The Hall–Kier alpha value is -2.50. The van der Waals surface area contributed by atoms with Crippen molar-refractivity contribution in [2.45, 2.75) is 82.8 Å². The SMILES string of the molecule is CCCC/C=C/C=C/C=C\CCCCCCCC(=O)OCC1(CO)COC(=O)CC(S(=O)(=O)O)C(=O)OC1. The van der Waals surface area contributed by atoms with Crippen LogP contribution >= 0.6 is 0 Å². The fraction of sp³-hybridized carbons (Fsp3) is 0.667. The van der Waals surface area contributed by atoms with Gasteiger partial charge in [-0.15, -0.1) is 0 Å². The number of hydrogen-bond acceptors (Lipinski definition) is 9. The second-order valence-electron chi connectivity index (χ2n) is 9.48. The highest BCUT2D eigenvalue weighted by molar-refractivity contribution is 7.87. The van der Waals surface area contributed by atoms with Crippen LogP contribution in [0.4, 0.5) is 0 Å². The van der Waals surface area contributed by atoms with Gasteiger partial charge >= 0.3 is 17.9 Å². The van der Waals surface area contributed by atoms with Gasteiger partial charge in [0, 0.05) is 6.42 Å². The van der Waals surface area contributed by atoms with E-state index in [1.54, 1.807) is 0 Å². The molecule has 2 unspecified atom stereocenters. The number of aliphatic hydroxyl groups is 1. The Morgan fingerprint density at radius 3 is 2.21 bits per heavy atom. The molecule has 38 heavy (non-hydrogen) atoms. The van der Waals surface area contributed by atoms with Gasteiger partial charge in [0.1, 0.15) is 19.8 Å². The molecule has 0 spiro atoms. The molecule has 0 bridgehead atoms. The van der Waals surface area contributed by atoms with Crippen LogP contribution in [-0.2, 0) is 38.7 Å². The molecule has 11 heteroatoms. The molecule has 1 saturated heterocycles. The summed E-state index contributed by atoms with van der Waals surface area (Å²) in [7, 11) is -4.89. The van der Waals surface area contributed by atoms with Gasteiger partial charge in [0.2, 0.25) is 0 Å². The van der Waals surface area contributed by atoms with Crippen molar-refractivity contribution in [2.75, 3.05) is 26.4 Å². The summed E-state index contributed by atoms with van der Waals surface area (Å²) < 4.78 is 47.0. The third-order valence-corrected chi connectivity index (χ3v) is 7.07. The molecule has 0 saturated carbocycles. The third kappa shape index (κ3) is 14.4. The minimum atomic E-state index is -4.89.